The molecule has 0 aliphatic carbocycles. The van der Waals surface area contributed by atoms with Gasteiger partial charge in [0.25, 0.3) is 5.91 Å². The number of ether oxygens (including phenoxy) is 1. The normalized spacial score (nSPS) is 10.7. The molecule has 2 heterocycles. The third-order valence-corrected chi connectivity index (χ3v) is 3.45. The molecule has 0 spiro atoms. The largest absolute Gasteiger partial charge is 0.481 e. The molecular formula is C17H17FN4O3. The van der Waals surface area contributed by atoms with E-state index in [0.29, 0.717) is 12.4 Å². The molecule has 1 aromatic carbocycles. The van der Waals surface area contributed by atoms with Crippen LogP contribution in [0.1, 0.15) is 27.9 Å². The molecule has 0 unspecified atom stereocenters. The highest BCUT2D eigenvalue weighted by molar-refractivity contribution is 5.91. The van der Waals surface area contributed by atoms with Gasteiger partial charge in [-0.3, -0.25) is 4.79 Å². The number of oxazole rings is 1. The Morgan fingerprint density at radius 1 is 1.40 bits per heavy atom. The lowest BCUT2D eigenvalue weighted by atomic mass is 10.3. The van der Waals surface area contributed by atoms with E-state index in [0.717, 1.165) is 5.69 Å². The van der Waals surface area contributed by atoms with Gasteiger partial charge in [0.2, 0.25) is 5.89 Å². The van der Waals surface area contributed by atoms with Gasteiger partial charge >= 0.3 is 0 Å². The number of amides is 1. The molecule has 1 N–H and O–H groups in total. The van der Waals surface area contributed by atoms with Crippen LogP contribution in [0.5, 0.6) is 5.75 Å². The van der Waals surface area contributed by atoms with E-state index >= 15 is 0 Å². The van der Waals surface area contributed by atoms with E-state index in [9.17, 15) is 9.18 Å². The zero-order valence-electron chi connectivity index (χ0n) is 13.8. The fraction of sp³-hybridized carbons (Fsp3) is 0.235. The molecule has 8 heteroatoms. The number of carbonyl (C=O) groups excluding carboxylic acids is 1. The number of H-pyrrole nitrogens is 1. The molecule has 0 aliphatic heterocycles. The molecule has 0 aliphatic rings. The van der Waals surface area contributed by atoms with Gasteiger partial charge in [0.1, 0.15) is 12.1 Å². The van der Waals surface area contributed by atoms with Gasteiger partial charge in [-0.05, 0) is 19.1 Å². The second kappa shape index (κ2) is 7.16. The second-order valence-electron chi connectivity index (χ2n) is 5.52. The summed E-state index contributed by atoms with van der Waals surface area (Å²) in [7, 11) is 1.64. The Morgan fingerprint density at radius 3 is 2.92 bits per heavy atom. The van der Waals surface area contributed by atoms with E-state index in [4.69, 9.17) is 9.15 Å². The van der Waals surface area contributed by atoms with Crippen LogP contribution in [0.4, 0.5) is 4.39 Å². The van der Waals surface area contributed by atoms with Crippen molar-refractivity contribution in [3.8, 4) is 5.75 Å². The van der Waals surface area contributed by atoms with E-state index in [-0.39, 0.29) is 29.8 Å². The summed E-state index contributed by atoms with van der Waals surface area (Å²) in [5.41, 5.74) is 1.07. The summed E-state index contributed by atoms with van der Waals surface area (Å²) in [4.78, 5) is 25.1. The zero-order valence-corrected chi connectivity index (χ0v) is 13.8. The van der Waals surface area contributed by atoms with Crippen LogP contribution in [0, 0.1) is 12.7 Å². The Kier molecular flexibility index (Phi) is 4.78. The molecule has 0 atom stereocenters. The van der Waals surface area contributed by atoms with Gasteiger partial charge in [-0.1, -0.05) is 12.1 Å². The van der Waals surface area contributed by atoms with Gasteiger partial charge in [-0.25, -0.2) is 14.4 Å². The molecule has 3 aromatic rings. The predicted molar refractivity (Wildman–Crippen MR) is 86.4 cm³/mol. The quantitative estimate of drug-likeness (QED) is 0.743. The number of imidazole rings is 1. The van der Waals surface area contributed by atoms with Gasteiger partial charge in [0.15, 0.2) is 23.9 Å². The molecule has 0 saturated heterocycles. The van der Waals surface area contributed by atoms with Crippen LogP contribution in [0.25, 0.3) is 0 Å². The fourth-order valence-electron chi connectivity index (χ4n) is 2.22. The third-order valence-electron chi connectivity index (χ3n) is 3.45. The number of hydrogen-bond acceptors (Lipinski definition) is 5. The van der Waals surface area contributed by atoms with Gasteiger partial charge in [-0.15, -0.1) is 0 Å². The summed E-state index contributed by atoms with van der Waals surface area (Å²) in [6.45, 7) is 2.13. The second-order valence-corrected chi connectivity index (χ2v) is 5.52. The molecule has 3 rings (SSSR count). The van der Waals surface area contributed by atoms with Crippen LogP contribution in [0.15, 0.2) is 41.1 Å². The maximum Gasteiger partial charge on any atom is 0.275 e. The number of nitrogens with zero attached hydrogens (tertiary/aromatic N) is 3. The minimum absolute atomic E-state index is 0.0741. The van der Waals surface area contributed by atoms with Crippen molar-refractivity contribution in [3.63, 3.8) is 0 Å². The van der Waals surface area contributed by atoms with Crippen LogP contribution >= 0.6 is 0 Å². The molecule has 1 amide bonds. The van der Waals surface area contributed by atoms with Crippen LogP contribution < -0.4 is 4.74 Å². The molecule has 0 saturated carbocycles. The molecule has 25 heavy (non-hydrogen) atoms. The number of halogens is 1. The van der Waals surface area contributed by atoms with Crippen LogP contribution in [0.3, 0.4) is 0 Å². The van der Waals surface area contributed by atoms with Crippen molar-refractivity contribution < 1.29 is 18.3 Å². The summed E-state index contributed by atoms with van der Waals surface area (Å²) in [6, 6.07) is 6.03. The number of carbonyl (C=O) groups is 1. The lowest BCUT2D eigenvalue weighted by Crippen LogP contribution is -2.27. The molecule has 7 nitrogen and oxygen atoms in total. The maximum absolute atomic E-state index is 13.5. The summed E-state index contributed by atoms with van der Waals surface area (Å²) in [5, 5.41) is 0. The zero-order chi connectivity index (χ0) is 17.8. The van der Waals surface area contributed by atoms with Crippen molar-refractivity contribution in [1.29, 1.82) is 0 Å². The number of aromatic nitrogens is 3. The average Bonchev–Trinajstić information content (AvgIpc) is 3.22. The number of aryl methyl sites for hydroxylation is 1. The number of rotatable bonds is 6. The van der Waals surface area contributed by atoms with Crippen LogP contribution in [0.2, 0.25) is 0 Å². The third kappa shape index (κ3) is 4.03. The van der Waals surface area contributed by atoms with Gasteiger partial charge in [0.05, 0.1) is 6.54 Å². The van der Waals surface area contributed by atoms with E-state index in [1.54, 1.807) is 25.4 Å². The molecule has 2 aromatic heterocycles. The van der Waals surface area contributed by atoms with Crippen molar-refractivity contribution in [2.24, 2.45) is 0 Å². The van der Waals surface area contributed by atoms with Crippen molar-refractivity contribution in [1.82, 2.24) is 19.9 Å². The Labute approximate surface area is 143 Å². The standard InChI is InChI=1S/C17H17FN4O3/c1-11-7-19-15(20-11)8-22(2)17(23)13-9-25-16(21-13)10-24-14-6-4-3-5-12(14)18/h3-7,9H,8,10H2,1-2H3,(H,19,20). The smallest absolute Gasteiger partial charge is 0.275 e. The highest BCUT2D eigenvalue weighted by Crippen LogP contribution is 2.17. The topological polar surface area (TPSA) is 84.2 Å². The Morgan fingerprint density at radius 2 is 2.20 bits per heavy atom. The minimum atomic E-state index is -0.473. The monoisotopic (exact) mass is 344 g/mol. The molecule has 130 valence electrons. The predicted octanol–water partition coefficient (Wildman–Crippen LogP) is 2.70. The molecular weight excluding hydrogens is 327 g/mol. The lowest BCUT2D eigenvalue weighted by molar-refractivity contribution is 0.0776. The summed E-state index contributed by atoms with van der Waals surface area (Å²) in [6.07, 6.45) is 2.95. The Balaban J connectivity index is 1.60. The van der Waals surface area contributed by atoms with E-state index in [1.807, 2.05) is 6.92 Å². The molecule has 0 radical (unpaired) electrons. The van der Waals surface area contributed by atoms with Crippen molar-refractivity contribution in [2.75, 3.05) is 7.05 Å². The SMILES string of the molecule is Cc1cnc(CN(C)C(=O)c2coc(COc3ccccc3F)n2)[nH]1. The first-order valence-electron chi connectivity index (χ1n) is 7.60. The van der Waals surface area contributed by atoms with Gasteiger partial charge in [0, 0.05) is 18.9 Å². The van der Waals surface area contributed by atoms with E-state index < -0.39 is 5.82 Å². The Hall–Kier alpha value is -3.16. The number of nitrogens with one attached hydrogen (secondary N) is 1. The van der Waals surface area contributed by atoms with E-state index in [1.165, 1.54) is 23.3 Å². The summed E-state index contributed by atoms with van der Waals surface area (Å²) < 4.78 is 24.0. The van der Waals surface area contributed by atoms with Crippen molar-refractivity contribution in [2.45, 2.75) is 20.1 Å². The number of benzene rings is 1. The highest BCUT2D eigenvalue weighted by Gasteiger charge is 2.18. The first-order valence-corrected chi connectivity index (χ1v) is 7.60. The summed E-state index contributed by atoms with van der Waals surface area (Å²) in [5.74, 6) is 0.182. The highest BCUT2D eigenvalue weighted by atomic mass is 19.1. The first-order chi connectivity index (χ1) is 12.0. The number of hydrogen-bond donors (Lipinski definition) is 1. The molecule has 0 bridgehead atoms. The number of aromatic amines is 1. The first kappa shape index (κ1) is 16.7. The van der Waals surface area contributed by atoms with Crippen LogP contribution in [-0.4, -0.2) is 32.8 Å². The number of para-hydroxylation sites is 1. The van der Waals surface area contributed by atoms with Crippen molar-refractivity contribution in [3.05, 3.63) is 65.6 Å². The van der Waals surface area contributed by atoms with Crippen LogP contribution in [-0.2, 0) is 13.2 Å². The Bertz CT molecular complexity index is 874. The molecule has 0 fully saturated rings. The average molecular weight is 344 g/mol. The summed E-state index contributed by atoms with van der Waals surface area (Å²) >= 11 is 0. The van der Waals surface area contributed by atoms with Crippen molar-refractivity contribution >= 4 is 5.91 Å². The van der Waals surface area contributed by atoms with Gasteiger partial charge in [-0.2, -0.15) is 0 Å². The van der Waals surface area contributed by atoms with Gasteiger partial charge < -0.3 is 19.0 Å². The maximum atomic E-state index is 13.5. The van der Waals surface area contributed by atoms with E-state index in [2.05, 4.69) is 15.0 Å². The minimum Gasteiger partial charge on any atom is -0.481 e. The lowest BCUT2D eigenvalue weighted by Gasteiger charge is -2.13. The fourth-order valence-corrected chi connectivity index (χ4v) is 2.22.